The molecule has 0 amide bonds. The highest BCUT2D eigenvalue weighted by Crippen LogP contribution is 2.43. The van der Waals surface area contributed by atoms with Crippen LogP contribution in [0.3, 0.4) is 0 Å². The first-order valence-corrected chi connectivity index (χ1v) is 19.2. The van der Waals surface area contributed by atoms with Crippen molar-refractivity contribution >= 4 is 71.3 Å². The molecule has 0 N–H and O–H groups in total. The molecule has 0 saturated carbocycles. The van der Waals surface area contributed by atoms with Gasteiger partial charge in [0.15, 0.2) is 0 Å². The van der Waals surface area contributed by atoms with Gasteiger partial charge in [0.1, 0.15) is 11.2 Å². The van der Waals surface area contributed by atoms with Crippen molar-refractivity contribution in [3.8, 4) is 33.4 Å². The molecule has 262 valence electrons. The molecular weight excluding hydrogens is 679 g/mol. The van der Waals surface area contributed by atoms with Crippen molar-refractivity contribution in [1.29, 1.82) is 0 Å². The summed E-state index contributed by atoms with van der Waals surface area (Å²) in [6.07, 6.45) is 0. The second-order valence-electron chi connectivity index (χ2n) is 14.5. The first-order valence-electron chi connectivity index (χ1n) is 19.2. The molecule has 0 radical (unpaired) electrons. The molecule has 2 nitrogen and oxygen atoms in total. The summed E-state index contributed by atoms with van der Waals surface area (Å²) in [6, 6.07) is 76.6. The van der Waals surface area contributed by atoms with Gasteiger partial charge in [0.25, 0.3) is 0 Å². The number of furan rings is 1. The molecule has 1 heterocycles. The Morgan fingerprint density at radius 3 is 1.59 bits per heavy atom. The van der Waals surface area contributed by atoms with Crippen LogP contribution in [-0.4, -0.2) is 0 Å². The van der Waals surface area contributed by atoms with Gasteiger partial charge in [0.05, 0.1) is 5.69 Å². The van der Waals surface area contributed by atoms with Gasteiger partial charge in [-0.2, -0.15) is 0 Å². The third-order valence-corrected chi connectivity index (χ3v) is 11.2. The van der Waals surface area contributed by atoms with E-state index in [-0.39, 0.29) is 0 Å². The smallest absolute Gasteiger partial charge is 0.136 e. The fourth-order valence-electron chi connectivity index (χ4n) is 8.50. The molecule has 11 rings (SSSR count). The van der Waals surface area contributed by atoms with E-state index >= 15 is 0 Å². The lowest BCUT2D eigenvalue weighted by atomic mass is 9.95. The number of hydrogen-bond acceptors (Lipinski definition) is 2. The van der Waals surface area contributed by atoms with Crippen molar-refractivity contribution < 1.29 is 4.42 Å². The zero-order valence-corrected chi connectivity index (χ0v) is 30.6. The number of nitrogens with zero attached hydrogens (tertiary/aromatic N) is 1. The summed E-state index contributed by atoms with van der Waals surface area (Å²) in [5.41, 5.74) is 12.2. The van der Waals surface area contributed by atoms with Crippen LogP contribution in [0, 0.1) is 0 Å². The Labute approximate surface area is 325 Å². The zero-order chi connectivity index (χ0) is 37.0. The summed E-state index contributed by atoms with van der Waals surface area (Å²) in [4.78, 5) is 2.40. The van der Waals surface area contributed by atoms with E-state index in [1.54, 1.807) is 0 Å². The highest BCUT2D eigenvalue weighted by Gasteiger charge is 2.18. The number of anilines is 3. The molecule has 0 saturated heterocycles. The summed E-state index contributed by atoms with van der Waals surface area (Å²) in [5, 5.41) is 9.71. The molecule has 11 aromatic rings. The predicted octanol–water partition coefficient (Wildman–Crippen LogP) is 15.5. The molecule has 0 atom stereocenters. The average molecular weight is 714 g/mol. The molecule has 0 fully saturated rings. The van der Waals surface area contributed by atoms with Gasteiger partial charge >= 0.3 is 0 Å². The number of benzene rings is 10. The Kier molecular flexibility index (Phi) is 7.53. The summed E-state index contributed by atoms with van der Waals surface area (Å²) in [5.74, 6) is 0. The minimum Gasteiger partial charge on any atom is -0.456 e. The summed E-state index contributed by atoms with van der Waals surface area (Å²) >= 11 is 0. The van der Waals surface area contributed by atoms with E-state index in [2.05, 4.69) is 205 Å². The van der Waals surface area contributed by atoms with Crippen LogP contribution in [0.2, 0.25) is 0 Å². The van der Waals surface area contributed by atoms with Crippen LogP contribution in [0.4, 0.5) is 17.1 Å². The molecule has 1 aromatic heterocycles. The quantitative estimate of drug-likeness (QED) is 0.160. The van der Waals surface area contributed by atoms with Crippen LogP contribution in [0.5, 0.6) is 0 Å². The fourth-order valence-corrected chi connectivity index (χ4v) is 8.50. The molecule has 10 aromatic carbocycles. The van der Waals surface area contributed by atoms with Gasteiger partial charge in [-0.3, -0.25) is 0 Å². The van der Waals surface area contributed by atoms with Crippen LogP contribution in [0.25, 0.3) is 87.6 Å². The van der Waals surface area contributed by atoms with Crippen molar-refractivity contribution in [3.63, 3.8) is 0 Å². The molecule has 0 aliphatic rings. The second-order valence-corrected chi connectivity index (χ2v) is 14.5. The second kappa shape index (κ2) is 13.2. The van der Waals surface area contributed by atoms with Crippen molar-refractivity contribution in [2.24, 2.45) is 0 Å². The molecular formula is C54H35NO. The Morgan fingerprint density at radius 1 is 0.286 bits per heavy atom. The first kappa shape index (κ1) is 32.0. The minimum absolute atomic E-state index is 0.903. The topological polar surface area (TPSA) is 16.4 Å². The number of fused-ring (bicyclic) bond motifs is 7. The lowest BCUT2D eigenvalue weighted by Gasteiger charge is -2.28. The van der Waals surface area contributed by atoms with Gasteiger partial charge < -0.3 is 9.32 Å². The maximum Gasteiger partial charge on any atom is 0.136 e. The molecule has 0 aliphatic heterocycles. The lowest BCUT2D eigenvalue weighted by Crippen LogP contribution is -2.10. The van der Waals surface area contributed by atoms with Crippen LogP contribution in [0.15, 0.2) is 217 Å². The first-order chi connectivity index (χ1) is 27.7. The van der Waals surface area contributed by atoms with Crippen molar-refractivity contribution in [2.75, 3.05) is 4.90 Å². The molecule has 0 aliphatic carbocycles. The Morgan fingerprint density at radius 2 is 0.821 bits per heavy atom. The fraction of sp³-hybridized carbons (Fsp3) is 0. The van der Waals surface area contributed by atoms with Crippen LogP contribution >= 0.6 is 0 Å². The monoisotopic (exact) mass is 713 g/mol. The van der Waals surface area contributed by atoms with E-state index in [0.29, 0.717) is 0 Å². The maximum atomic E-state index is 6.25. The van der Waals surface area contributed by atoms with E-state index in [1.165, 1.54) is 54.6 Å². The predicted molar refractivity (Wildman–Crippen MR) is 237 cm³/mol. The van der Waals surface area contributed by atoms with E-state index in [9.17, 15) is 0 Å². The third kappa shape index (κ3) is 5.42. The summed E-state index contributed by atoms with van der Waals surface area (Å²) in [6.45, 7) is 0. The number of rotatable bonds is 6. The van der Waals surface area contributed by atoms with Crippen molar-refractivity contribution in [1.82, 2.24) is 0 Å². The zero-order valence-electron chi connectivity index (χ0n) is 30.6. The summed E-state index contributed by atoms with van der Waals surface area (Å²) < 4.78 is 6.25. The van der Waals surface area contributed by atoms with Gasteiger partial charge in [-0.1, -0.05) is 158 Å². The van der Waals surface area contributed by atoms with Crippen LogP contribution < -0.4 is 4.90 Å². The highest BCUT2D eigenvalue weighted by atomic mass is 16.3. The van der Waals surface area contributed by atoms with Gasteiger partial charge in [0, 0.05) is 27.5 Å². The molecule has 0 bridgehead atoms. The van der Waals surface area contributed by atoms with E-state index < -0.39 is 0 Å². The molecule has 0 unspecified atom stereocenters. The van der Waals surface area contributed by atoms with Crippen molar-refractivity contribution in [2.45, 2.75) is 0 Å². The molecule has 2 heteroatoms. The highest BCUT2D eigenvalue weighted by molar-refractivity contribution is 6.14. The minimum atomic E-state index is 0.903. The number of para-hydroxylation sites is 1. The van der Waals surface area contributed by atoms with E-state index in [1.807, 2.05) is 12.1 Å². The average Bonchev–Trinajstić information content (AvgIpc) is 3.65. The number of hydrogen-bond donors (Lipinski definition) is 0. The van der Waals surface area contributed by atoms with E-state index in [4.69, 9.17) is 4.42 Å². The molecule has 0 spiro atoms. The SMILES string of the molecule is c1cc(-c2ccc(N(c3ccc(-c4ccc5c(c4)oc4ccccc45)cc3)c3cc4ccccc4c4ccccc34)cc2)cc(-c2cccc3ccccc23)c1. The normalized spacial score (nSPS) is 11.6. The van der Waals surface area contributed by atoms with Crippen LogP contribution in [0.1, 0.15) is 0 Å². The van der Waals surface area contributed by atoms with Gasteiger partial charge in [-0.05, 0) is 115 Å². The van der Waals surface area contributed by atoms with E-state index in [0.717, 1.165) is 50.1 Å². The molecule has 56 heavy (non-hydrogen) atoms. The largest absolute Gasteiger partial charge is 0.456 e. The van der Waals surface area contributed by atoms with Crippen LogP contribution in [-0.2, 0) is 0 Å². The maximum absolute atomic E-state index is 6.25. The standard InChI is InChI=1S/C54H35NO/c1-3-16-45-38(11-1)13-10-21-46(45)41-15-9-14-39(33-41)36-23-28-43(29-24-36)55(52-34-42-12-2-4-17-47(42)48-18-5-6-19-49(48)52)44-30-25-37(26-31-44)40-27-32-51-50-20-7-8-22-53(50)56-54(51)35-40/h1-35H. The van der Waals surface area contributed by atoms with Gasteiger partial charge in [0.2, 0.25) is 0 Å². The van der Waals surface area contributed by atoms with Crippen molar-refractivity contribution in [3.05, 3.63) is 212 Å². The Balaban J connectivity index is 1.02. The Hall–Kier alpha value is -7.42. The lowest BCUT2D eigenvalue weighted by molar-refractivity contribution is 0.669. The summed E-state index contributed by atoms with van der Waals surface area (Å²) in [7, 11) is 0. The van der Waals surface area contributed by atoms with Gasteiger partial charge in [-0.25, -0.2) is 0 Å². The third-order valence-electron chi connectivity index (χ3n) is 11.2. The van der Waals surface area contributed by atoms with Gasteiger partial charge in [-0.15, -0.1) is 0 Å². The Bertz CT molecular complexity index is 3240.